The van der Waals surface area contributed by atoms with Gasteiger partial charge < -0.3 is 9.73 Å². The minimum atomic E-state index is -3.78. The number of nitrogens with zero attached hydrogens (tertiary/aromatic N) is 2. The van der Waals surface area contributed by atoms with E-state index in [-0.39, 0.29) is 29.5 Å². The number of H-pyrrole nitrogens is 1. The van der Waals surface area contributed by atoms with E-state index >= 15 is 0 Å². The van der Waals surface area contributed by atoms with Crippen molar-refractivity contribution in [3.63, 3.8) is 0 Å². The summed E-state index contributed by atoms with van der Waals surface area (Å²) in [7, 11) is -3.78. The van der Waals surface area contributed by atoms with E-state index in [9.17, 15) is 13.2 Å². The van der Waals surface area contributed by atoms with Gasteiger partial charge in [-0.25, -0.2) is 8.42 Å². The van der Waals surface area contributed by atoms with E-state index in [1.807, 2.05) is 0 Å². The van der Waals surface area contributed by atoms with Crippen LogP contribution in [0, 0.1) is 5.92 Å². The topological polar surface area (TPSA) is 108 Å². The first kappa shape index (κ1) is 19.2. The van der Waals surface area contributed by atoms with E-state index < -0.39 is 10.0 Å². The zero-order chi connectivity index (χ0) is 19.6. The summed E-state index contributed by atoms with van der Waals surface area (Å²) in [5.41, 5.74) is 0.616. The molecular formula is C19H26N4O4S. The van der Waals surface area contributed by atoms with Gasteiger partial charge in [0, 0.05) is 25.3 Å². The quantitative estimate of drug-likeness (QED) is 0.793. The van der Waals surface area contributed by atoms with Crippen molar-refractivity contribution in [3.8, 4) is 11.5 Å². The molecule has 2 aromatic rings. The predicted octanol–water partition coefficient (Wildman–Crippen LogP) is 2.52. The van der Waals surface area contributed by atoms with Crippen LogP contribution in [0.3, 0.4) is 0 Å². The Balaban J connectivity index is 1.43. The summed E-state index contributed by atoms with van der Waals surface area (Å²) in [5, 5.41) is 9.62. The SMILES string of the molecule is O=C(NC1CCCCC1)C1CCCN(S(=O)(=O)c2ccc(-c3ccn[nH]3)o2)C1. The highest BCUT2D eigenvalue weighted by Crippen LogP contribution is 2.28. The van der Waals surface area contributed by atoms with Gasteiger partial charge in [0.2, 0.25) is 11.0 Å². The van der Waals surface area contributed by atoms with Crippen molar-refractivity contribution >= 4 is 15.9 Å². The molecule has 1 amide bonds. The number of furan rings is 1. The number of sulfonamides is 1. The summed E-state index contributed by atoms with van der Waals surface area (Å²) in [5.74, 6) is 0.0801. The minimum Gasteiger partial charge on any atom is -0.442 e. The molecule has 0 spiro atoms. The molecule has 4 rings (SSSR count). The average Bonchev–Trinajstić information content (AvgIpc) is 3.41. The molecule has 3 heterocycles. The summed E-state index contributed by atoms with van der Waals surface area (Å²) in [6, 6.07) is 5.01. The number of hydrogen-bond acceptors (Lipinski definition) is 5. The standard InChI is InChI=1S/C19H26N4O4S/c24-19(21-15-6-2-1-3-7-15)14-5-4-12-23(13-14)28(25,26)18-9-8-17(27-18)16-10-11-20-22-16/h8-11,14-15H,1-7,12-13H2,(H,20,22)(H,21,24). The lowest BCUT2D eigenvalue weighted by molar-refractivity contribution is -0.127. The smallest absolute Gasteiger partial charge is 0.276 e. The fourth-order valence-electron chi connectivity index (χ4n) is 4.06. The molecule has 1 saturated carbocycles. The third-order valence-corrected chi connectivity index (χ3v) is 7.39. The van der Waals surface area contributed by atoms with E-state index in [4.69, 9.17) is 4.42 Å². The lowest BCUT2D eigenvalue weighted by atomic mass is 9.93. The second kappa shape index (κ2) is 8.08. The molecule has 2 aromatic heterocycles. The van der Waals surface area contributed by atoms with Gasteiger partial charge in [-0.15, -0.1) is 0 Å². The van der Waals surface area contributed by atoms with E-state index in [1.165, 1.54) is 16.8 Å². The van der Waals surface area contributed by atoms with Crippen LogP contribution in [0.25, 0.3) is 11.5 Å². The first-order chi connectivity index (χ1) is 13.5. The number of amides is 1. The lowest BCUT2D eigenvalue weighted by Crippen LogP contribution is -2.47. The van der Waals surface area contributed by atoms with Gasteiger partial charge in [-0.3, -0.25) is 9.89 Å². The van der Waals surface area contributed by atoms with Crippen molar-refractivity contribution in [2.45, 2.75) is 56.1 Å². The maximum atomic E-state index is 13.0. The Morgan fingerprint density at radius 1 is 1.14 bits per heavy atom. The molecule has 2 N–H and O–H groups in total. The average molecular weight is 407 g/mol. The molecule has 9 heteroatoms. The number of aromatic nitrogens is 2. The van der Waals surface area contributed by atoms with Gasteiger partial charge in [-0.05, 0) is 43.9 Å². The summed E-state index contributed by atoms with van der Waals surface area (Å²) in [6.07, 6.45) is 8.50. The Morgan fingerprint density at radius 3 is 2.71 bits per heavy atom. The van der Waals surface area contributed by atoms with Crippen molar-refractivity contribution in [1.82, 2.24) is 19.8 Å². The van der Waals surface area contributed by atoms with Gasteiger partial charge in [0.15, 0.2) is 5.76 Å². The van der Waals surface area contributed by atoms with Crippen LogP contribution in [0.5, 0.6) is 0 Å². The van der Waals surface area contributed by atoms with E-state index in [0.29, 0.717) is 30.8 Å². The summed E-state index contributed by atoms with van der Waals surface area (Å²) in [4.78, 5) is 12.7. The van der Waals surface area contributed by atoms with Gasteiger partial charge in [0.25, 0.3) is 10.0 Å². The summed E-state index contributed by atoms with van der Waals surface area (Å²) in [6.45, 7) is 0.594. The van der Waals surface area contributed by atoms with Crippen LogP contribution in [-0.2, 0) is 14.8 Å². The number of aromatic amines is 1. The summed E-state index contributed by atoms with van der Waals surface area (Å²) >= 11 is 0. The van der Waals surface area contributed by atoms with Crippen LogP contribution in [0.2, 0.25) is 0 Å². The zero-order valence-corrected chi connectivity index (χ0v) is 16.6. The van der Waals surface area contributed by atoms with Crippen molar-refractivity contribution in [3.05, 3.63) is 24.4 Å². The van der Waals surface area contributed by atoms with Gasteiger partial charge >= 0.3 is 0 Å². The van der Waals surface area contributed by atoms with E-state index in [0.717, 1.165) is 25.7 Å². The second-order valence-electron chi connectivity index (χ2n) is 7.63. The number of carbonyl (C=O) groups excluding carboxylic acids is 1. The third-order valence-electron chi connectivity index (χ3n) is 5.65. The second-order valence-corrected chi connectivity index (χ2v) is 9.50. The Hall–Kier alpha value is -2.13. The fourth-order valence-corrected chi connectivity index (χ4v) is 5.50. The van der Waals surface area contributed by atoms with Crippen LogP contribution in [0.1, 0.15) is 44.9 Å². The van der Waals surface area contributed by atoms with Crippen LogP contribution < -0.4 is 5.32 Å². The van der Waals surface area contributed by atoms with Crippen LogP contribution >= 0.6 is 0 Å². The lowest BCUT2D eigenvalue weighted by Gasteiger charge is -2.32. The first-order valence-electron chi connectivity index (χ1n) is 9.94. The highest BCUT2D eigenvalue weighted by atomic mass is 32.2. The maximum absolute atomic E-state index is 13.0. The molecule has 152 valence electrons. The predicted molar refractivity (Wildman–Crippen MR) is 103 cm³/mol. The molecule has 1 saturated heterocycles. The molecule has 0 aromatic carbocycles. The van der Waals surface area contributed by atoms with E-state index in [2.05, 4.69) is 15.5 Å². The fraction of sp³-hybridized carbons (Fsp3) is 0.579. The molecule has 1 aliphatic heterocycles. The Labute approximate surface area is 164 Å². The number of carbonyl (C=O) groups is 1. The van der Waals surface area contributed by atoms with Gasteiger partial charge in [0.05, 0.1) is 5.92 Å². The van der Waals surface area contributed by atoms with Gasteiger partial charge in [0.1, 0.15) is 5.69 Å². The van der Waals surface area contributed by atoms with Gasteiger partial charge in [-0.1, -0.05) is 19.3 Å². The number of rotatable bonds is 5. The molecule has 2 aliphatic rings. The van der Waals surface area contributed by atoms with Crippen molar-refractivity contribution < 1.29 is 17.6 Å². The molecule has 0 bridgehead atoms. The highest BCUT2D eigenvalue weighted by Gasteiger charge is 2.35. The largest absolute Gasteiger partial charge is 0.442 e. The minimum absolute atomic E-state index is 0.0237. The first-order valence-corrected chi connectivity index (χ1v) is 11.4. The number of nitrogens with one attached hydrogen (secondary N) is 2. The third kappa shape index (κ3) is 4.00. The molecule has 28 heavy (non-hydrogen) atoms. The highest BCUT2D eigenvalue weighted by molar-refractivity contribution is 7.89. The van der Waals surface area contributed by atoms with Crippen molar-refractivity contribution in [2.24, 2.45) is 5.92 Å². The number of hydrogen-bond donors (Lipinski definition) is 2. The molecule has 1 atom stereocenters. The molecule has 8 nitrogen and oxygen atoms in total. The van der Waals surface area contributed by atoms with Crippen molar-refractivity contribution in [1.29, 1.82) is 0 Å². The van der Waals surface area contributed by atoms with E-state index in [1.54, 1.807) is 18.3 Å². The molecule has 2 fully saturated rings. The molecule has 1 aliphatic carbocycles. The Morgan fingerprint density at radius 2 is 1.96 bits per heavy atom. The Kier molecular flexibility index (Phi) is 5.54. The van der Waals surface area contributed by atoms with Gasteiger partial charge in [-0.2, -0.15) is 9.40 Å². The maximum Gasteiger partial charge on any atom is 0.276 e. The normalized spacial score (nSPS) is 22.2. The van der Waals surface area contributed by atoms with Crippen LogP contribution in [0.4, 0.5) is 0 Å². The summed E-state index contributed by atoms with van der Waals surface area (Å²) < 4.78 is 32.9. The van der Waals surface area contributed by atoms with Crippen LogP contribution in [-0.4, -0.2) is 48.0 Å². The van der Waals surface area contributed by atoms with Crippen molar-refractivity contribution in [2.75, 3.05) is 13.1 Å². The zero-order valence-electron chi connectivity index (χ0n) is 15.8. The molecular weight excluding hydrogens is 380 g/mol. The molecule has 0 radical (unpaired) electrons. The monoisotopic (exact) mass is 406 g/mol. The Bertz CT molecular complexity index is 900. The number of piperidine rings is 1. The van der Waals surface area contributed by atoms with Crippen LogP contribution in [0.15, 0.2) is 33.9 Å². The molecule has 1 unspecified atom stereocenters.